The molecule has 0 bridgehead atoms. The molecule has 0 N–H and O–H groups in total. The highest BCUT2D eigenvalue weighted by atomic mass is 35.5. The molecular weight excluding hydrogens is 518 g/mol. The van der Waals surface area contributed by atoms with E-state index in [0.717, 1.165) is 27.8 Å². The summed E-state index contributed by atoms with van der Waals surface area (Å²) in [6, 6.07) is 14.3. The van der Waals surface area contributed by atoms with E-state index in [9.17, 15) is 14.4 Å². The van der Waals surface area contributed by atoms with Crippen LogP contribution in [-0.4, -0.2) is 35.7 Å². The Morgan fingerprint density at radius 3 is 2.57 bits per heavy atom. The summed E-state index contributed by atoms with van der Waals surface area (Å²) in [6.45, 7) is 4.43. The summed E-state index contributed by atoms with van der Waals surface area (Å²) in [5.74, 6) is -0.0380. The van der Waals surface area contributed by atoms with Crippen molar-refractivity contribution in [2.24, 2.45) is 0 Å². The summed E-state index contributed by atoms with van der Waals surface area (Å²) < 4.78 is 21.7. The minimum absolute atomic E-state index is 0.0113. The first-order valence-corrected chi connectivity index (χ1v) is 12.6. The van der Waals surface area contributed by atoms with Crippen LogP contribution < -0.4 is 9.47 Å². The number of amides is 2. The summed E-state index contributed by atoms with van der Waals surface area (Å²) in [6.07, 6.45) is 1.57. The third kappa shape index (κ3) is 6.18. The molecule has 0 spiro atoms. The number of halogens is 1. The molecule has 10 heteroatoms. The highest BCUT2D eigenvalue weighted by molar-refractivity contribution is 8.18. The number of aryl methyl sites for hydroxylation is 1. The first-order chi connectivity index (χ1) is 17.8. The van der Waals surface area contributed by atoms with Gasteiger partial charge in [-0.2, -0.15) is 0 Å². The van der Waals surface area contributed by atoms with Crippen molar-refractivity contribution in [3.63, 3.8) is 0 Å². The van der Waals surface area contributed by atoms with Crippen molar-refractivity contribution in [2.75, 3.05) is 13.7 Å². The SMILES string of the molecule is CCOc1cc(/C=C2/SC(=O)N(Cc3ccc(C(=O)OC)o3)C2=O)cc(Cl)c1OCc1ccc(C)cc1. The van der Waals surface area contributed by atoms with Crippen LogP contribution in [0.5, 0.6) is 11.5 Å². The number of hydrogen-bond donors (Lipinski definition) is 0. The van der Waals surface area contributed by atoms with Gasteiger partial charge in [-0.25, -0.2) is 4.79 Å². The number of rotatable bonds is 9. The van der Waals surface area contributed by atoms with Crippen molar-refractivity contribution < 1.29 is 33.0 Å². The Bertz CT molecular complexity index is 1360. The molecule has 192 valence electrons. The van der Waals surface area contributed by atoms with E-state index in [1.165, 1.54) is 19.2 Å². The van der Waals surface area contributed by atoms with Crippen LogP contribution in [0.25, 0.3) is 6.08 Å². The second-order valence-electron chi connectivity index (χ2n) is 8.06. The summed E-state index contributed by atoms with van der Waals surface area (Å²) >= 11 is 7.34. The lowest BCUT2D eigenvalue weighted by molar-refractivity contribution is -0.123. The predicted molar refractivity (Wildman–Crippen MR) is 140 cm³/mol. The lowest BCUT2D eigenvalue weighted by Gasteiger charge is -2.15. The number of furan rings is 1. The maximum Gasteiger partial charge on any atom is 0.373 e. The van der Waals surface area contributed by atoms with Crippen LogP contribution in [0.4, 0.5) is 4.79 Å². The van der Waals surface area contributed by atoms with Crippen LogP contribution in [0.1, 0.15) is 39.9 Å². The number of esters is 1. The summed E-state index contributed by atoms with van der Waals surface area (Å²) in [5.41, 5.74) is 2.71. The van der Waals surface area contributed by atoms with E-state index in [1.807, 2.05) is 38.1 Å². The molecule has 1 fully saturated rings. The number of hydrogen-bond acceptors (Lipinski definition) is 8. The third-order valence-corrected chi connectivity index (χ3v) is 6.56. The summed E-state index contributed by atoms with van der Waals surface area (Å²) in [7, 11) is 1.23. The molecular formula is C27H24ClNO7S. The largest absolute Gasteiger partial charge is 0.490 e. The van der Waals surface area contributed by atoms with Crippen LogP contribution in [-0.2, 0) is 22.7 Å². The maximum absolute atomic E-state index is 13.0. The third-order valence-electron chi connectivity index (χ3n) is 5.37. The molecule has 0 aliphatic carbocycles. The molecule has 4 rings (SSSR count). The van der Waals surface area contributed by atoms with Crippen molar-refractivity contribution in [1.29, 1.82) is 0 Å². The highest BCUT2D eigenvalue weighted by Gasteiger charge is 2.36. The van der Waals surface area contributed by atoms with Gasteiger partial charge in [0.05, 0.1) is 30.2 Å². The van der Waals surface area contributed by atoms with Gasteiger partial charge in [-0.1, -0.05) is 41.4 Å². The quantitative estimate of drug-likeness (QED) is 0.232. The number of carbonyl (C=O) groups excluding carboxylic acids is 3. The van der Waals surface area contributed by atoms with Gasteiger partial charge >= 0.3 is 5.97 Å². The van der Waals surface area contributed by atoms with Crippen molar-refractivity contribution in [3.05, 3.63) is 86.7 Å². The molecule has 0 unspecified atom stereocenters. The Balaban J connectivity index is 1.52. The van der Waals surface area contributed by atoms with Crippen LogP contribution in [0.2, 0.25) is 5.02 Å². The Labute approximate surface area is 223 Å². The fraction of sp³-hybridized carbons (Fsp3) is 0.222. The zero-order valence-electron chi connectivity index (χ0n) is 20.4. The van der Waals surface area contributed by atoms with E-state index in [4.69, 9.17) is 25.5 Å². The van der Waals surface area contributed by atoms with Crippen molar-refractivity contribution >= 4 is 46.6 Å². The van der Waals surface area contributed by atoms with Crippen LogP contribution in [0.3, 0.4) is 0 Å². The van der Waals surface area contributed by atoms with Gasteiger partial charge in [0.1, 0.15) is 12.4 Å². The van der Waals surface area contributed by atoms with Crippen LogP contribution in [0, 0.1) is 6.92 Å². The van der Waals surface area contributed by atoms with Gasteiger partial charge in [-0.15, -0.1) is 0 Å². The number of imide groups is 1. The Hall–Kier alpha value is -3.69. The van der Waals surface area contributed by atoms with Crippen LogP contribution in [0.15, 0.2) is 57.9 Å². The molecule has 0 saturated carbocycles. The lowest BCUT2D eigenvalue weighted by atomic mass is 10.1. The lowest BCUT2D eigenvalue weighted by Crippen LogP contribution is -2.27. The second kappa shape index (κ2) is 11.6. The molecule has 0 atom stereocenters. The molecule has 1 saturated heterocycles. The van der Waals surface area contributed by atoms with E-state index < -0.39 is 17.1 Å². The molecule has 1 aromatic heterocycles. The fourth-order valence-electron chi connectivity index (χ4n) is 3.53. The van der Waals surface area contributed by atoms with E-state index in [2.05, 4.69) is 4.74 Å². The van der Waals surface area contributed by atoms with Crippen LogP contribution >= 0.6 is 23.4 Å². The average molecular weight is 542 g/mol. The van der Waals surface area contributed by atoms with Crippen molar-refractivity contribution in [1.82, 2.24) is 4.90 Å². The zero-order chi connectivity index (χ0) is 26.5. The number of thioether (sulfide) groups is 1. The number of carbonyl (C=O) groups is 3. The first-order valence-electron chi connectivity index (χ1n) is 11.4. The van der Waals surface area contributed by atoms with E-state index in [0.29, 0.717) is 35.3 Å². The number of methoxy groups -OCH3 is 1. The van der Waals surface area contributed by atoms with Gasteiger partial charge in [-0.05, 0) is 67.1 Å². The van der Waals surface area contributed by atoms with Gasteiger partial charge in [0.15, 0.2) is 11.5 Å². The summed E-state index contributed by atoms with van der Waals surface area (Å²) in [5, 5.41) is -0.143. The fourth-order valence-corrected chi connectivity index (χ4v) is 4.64. The van der Waals surface area contributed by atoms with Gasteiger partial charge in [-0.3, -0.25) is 14.5 Å². The molecule has 37 heavy (non-hydrogen) atoms. The van der Waals surface area contributed by atoms with Gasteiger partial charge in [0.25, 0.3) is 11.1 Å². The standard InChI is InChI=1S/C27H24ClNO7S/c1-4-34-22-12-18(11-20(28)24(22)35-15-17-7-5-16(2)6-8-17)13-23-25(30)29(27(32)37-23)14-19-9-10-21(36-19)26(31)33-3/h5-13H,4,14-15H2,1-3H3/b23-13+. The van der Waals surface area contributed by atoms with E-state index in [1.54, 1.807) is 18.2 Å². The first kappa shape index (κ1) is 26.4. The molecule has 1 aliphatic rings. The smallest absolute Gasteiger partial charge is 0.373 e. The Kier molecular flexibility index (Phi) is 8.25. The highest BCUT2D eigenvalue weighted by Crippen LogP contribution is 2.40. The summed E-state index contributed by atoms with van der Waals surface area (Å²) in [4.78, 5) is 38.4. The van der Waals surface area contributed by atoms with Gasteiger partial charge in [0, 0.05) is 0 Å². The topological polar surface area (TPSA) is 95.3 Å². The maximum atomic E-state index is 13.0. The van der Waals surface area contributed by atoms with Crippen molar-refractivity contribution in [2.45, 2.75) is 27.0 Å². The predicted octanol–water partition coefficient (Wildman–Crippen LogP) is 6.24. The second-order valence-corrected chi connectivity index (χ2v) is 9.46. The molecule has 2 heterocycles. The molecule has 2 amide bonds. The van der Waals surface area contributed by atoms with Crippen molar-refractivity contribution in [3.8, 4) is 11.5 Å². The minimum Gasteiger partial charge on any atom is -0.490 e. The molecule has 8 nitrogen and oxygen atoms in total. The van der Waals surface area contributed by atoms with E-state index >= 15 is 0 Å². The van der Waals surface area contributed by atoms with Gasteiger partial charge in [0.2, 0.25) is 5.76 Å². The Morgan fingerprint density at radius 1 is 1.11 bits per heavy atom. The minimum atomic E-state index is -0.645. The van der Waals surface area contributed by atoms with Gasteiger partial charge < -0.3 is 18.6 Å². The zero-order valence-corrected chi connectivity index (χ0v) is 22.0. The van der Waals surface area contributed by atoms with E-state index in [-0.39, 0.29) is 23.0 Å². The number of benzene rings is 2. The average Bonchev–Trinajstić information content (AvgIpc) is 3.45. The normalized spacial score (nSPS) is 14.4. The molecule has 1 aliphatic heterocycles. The molecule has 3 aromatic rings. The Morgan fingerprint density at radius 2 is 1.86 bits per heavy atom. The number of ether oxygens (including phenoxy) is 3. The molecule has 2 aromatic carbocycles. The number of nitrogens with zero attached hydrogens (tertiary/aromatic N) is 1. The molecule has 0 radical (unpaired) electrons. The monoisotopic (exact) mass is 541 g/mol.